The highest BCUT2D eigenvalue weighted by Gasteiger charge is 2.26. The van der Waals surface area contributed by atoms with Crippen molar-refractivity contribution in [1.82, 2.24) is 10.2 Å². The first kappa shape index (κ1) is 10.4. The average molecular weight is 212 g/mol. The van der Waals surface area contributed by atoms with Gasteiger partial charge in [0.15, 0.2) is 0 Å². The van der Waals surface area contributed by atoms with Gasteiger partial charge in [-0.05, 0) is 25.2 Å². The second-order valence-corrected chi connectivity index (χ2v) is 4.15. The smallest absolute Gasteiger partial charge is 0.324 e. The highest BCUT2D eigenvalue weighted by atomic mass is 16.5. The van der Waals surface area contributed by atoms with E-state index in [0.717, 1.165) is 18.9 Å². The van der Waals surface area contributed by atoms with Crippen LogP contribution >= 0.6 is 0 Å². The quantitative estimate of drug-likeness (QED) is 0.510. The fourth-order valence-electron chi connectivity index (χ4n) is 1.56. The maximum atomic E-state index is 11.1. The number of amides is 3. The molecule has 2 fully saturated rings. The number of hydrogen-bond acceptors (Lipinski definition) is 3. The summed E-state index contributed by atoms with van der Waals surface area (Å²) in [7, 11) is 0. The number of carbonyl (C=O) groups excluding carboxylic acids is 2. The molecule has 1 N–H and O–H groups in total. The number of urea groups is 1. The van der Waals surface area contributed by atoms with Crippen LogP contribution in [0, 0.1) is 5.92 Å². The molecule has 0 aromatic carbocycles. The summed E-state index contributed by atoms with van der Waals surface area (Å²) in [5.74, 6) is 0.570. The lowest BCUT2D eigenvalue weighted by atomic mass is 10.4. The van der Waals surface area contributed by atoms with Gasteiger partial charge in [0.1, 0.15) is 6.54 Å². The van der Waals surface area contributed by atoms with Crippen molar-refractivity contribution in [2.45, 2.75) is 19.3 Å². The van der Waals surface area contributed by atoms with Crippen LogP contribution in [0.1, 0.15) is 19.3 Å². The summed E-state index contributed by atoms with van der Waals surface area (Å²) < 4.78 is 5.44. The number of nitrogens with one attached hydrogen (secondary N) is 1. The van der Waals surface area contributed by atoms with Gasteiger partial charge >= 0.3 is 6.03 Å². The Bertz CT molecular complexity index is 263. The van der Waals surface area contributed by atoms with Crippen LogP contribution in [0.3, 0.4) is 0 Å². The standard InChI is InChI=1S/C10H16N2O3/c13-9-6-12(10(14)11-9)4-1-5-15-7-8-2-3-8/h8H,1-7H2,(H,11,13,14). The van der Waals surface area contributed by atoms with Crippen LogP contribution in [-0.2, 0) is 9.53 Å². The number of ether oxygens (including phenoxy) is 1. The third-order valence-electron chi connectivity index (χ3n) is 2.64. The lowest BCUT2D eigenvalue weighted by Gasteiger charge is -2.12. The molecule has 0 unspecified atom stereocenters. The Kier molecular flexibility index (Phi) is 3.20. The first-order valence-corrected chi connectivity index (χ1v) is 5.42. The zero-order valence-electron chi connectivity index (χ0n) is 8.70. The van der Waals surface area contributed by atoms with Gasteiger partial charge in [0.2, 0.25) is 5.91 Å². The van der Waals surface area contributed by atoms with Gasteiger partial charge in [-0.25, -0.2) is 4.79 Å². The summed E-state index contributed by atoms with van der Waals surface area (Å²) in [5, 5.41) is 2.24. The van der Waals surface area contributed by atoms with Crippen LogP contribution in [0.15, 0.2) is 0 Å². The van der Waals surface area contributed by atoms with E-state index in [4.69, 9.17) is 4.74 Å². The van der Waals surface area contributed by atoms with Crippen molar-refractivity contribution < 1.29 is 14.3 Å². The Balaban J connectivity index is 1.53. The third kappa shape index (κ3) is 3.20. The number of hydrogen-bond donors (Lipinski definition) is 1. The van der Waals surface area contributed by atoms with Gasteiger partial charge in [0.25, 0.3) is 0 Å². The molecule has 0 spiro atoms. The summed E-state index contributed by atoms with van der Waals surface area (Å²) in [5.41, 5.74) is 0. The van der Waals surface area contributed by atoms with Crippen molar-refractivity contribution in [2.24, 2.45) is 5.92 Å². The molecular weight excluding hydrogens is 196 g/mol. The van der Waals surface area contributed by atoms with E-state index in [1.807, 2.05) is 0 Å². The van der Waals surface area contributed by atoms with Crippen molar-refractivity contribution in [3.63, 3.8) is 0 Å². The van der Waals surface area contributed by atoms with Gasteiger partial charge < -0.3 is 9.64 Å². The predicted octanol–water partition coefficient (Wildman–Crippen LogP) is 0.355. The van der Waals surface area contributed by atoms with E-state index >= 15 is 0 Å². The summed E-state index contributed by atoms with van der Waals surface area (Å²) in [6.45, 7) is 2.32. The lowest BCUT2D eigenvalue weighted by molar-refractivity contribution is -0.118. The third-order valence-corrected chi connectivity index (χ3v) is 2.64. The molecule has 2 rings (SSSR count). The molecule has 0 aromatic rings. The van der Waals surface area contributed by atoms with Crippen molar-refractivity contribution in [2.75, 3.05) is 26.3 Å². The Morgan fingerprint density at radius 1 is 1.40 bits per heavy atom. The molecule has 0 radical (unpaired) electrons. The molecule has 2 aliphatic rings. The van der Waals surface area contributed by atoms with Gasteiger partial charge in [-0.15, -0.1) is 0 Å². The van der Waals surface area contributed by atoms with Crippen LogP contribution < -0.4 is 5.32 Å². The van der Waals surface area contributed by atoms with E-state index in [1.165, 1.54) is 17.7 Å². The second kappa shape index (κ2) is 4.61. The summed E-state index contributed by atoms with van der Waals surface area (Å²) in [4.78, 5) is 23.5. The number of nitrogens with zero attached hydrogens (tertiary/aromatic N) is 1. The highest BCUT2D eigenvalue weighted by molar-refractivity contribution is 6.01. The van der Waals surface area contributed by atoms with Crippen molar-refractivity contribution in [1.29, 1.82) is 0 Å². The molecule has 1 saturated carbocycles. The Morgan fingerprint density at radius 2 is 2.20 bits per heavy atom. The number of carbonyl (C=O) groups is 2. The fraction of sp³-hybridized carbons (Fsp3) is 0.800. The molecule has 0 atom stereocenters. The van der Waals surface area contributed by atoms with E-state index in [-0.39, 0.29) is 18.5 Å². The van der Waals surface area contributed by atoms with Crippen LogP contribution in [0.4, 0.5) is 4.79 Å². The molecule has 1 aliphatic carbocycles. The molecule has 0 aromatic heterocycles. The molecule has 1 saturated heterocycles. The SMILES string of the molecule is O=C1CN(CCCOCC2CC2)C(=O)N1. The van der Waals surface area contributed by atoms with Gasteiger partial charge in [-0.2, -0.15) is 0 Å². The molecule has 3 amide bonds. The van der Waals surface area contributed by atoms with Crippen LogP contribution in [0.5, 0.6) is 0 Å². The van der Waals surface area contributed by atoms with Gasteiger partial charge in [-0.3, -0.25) is 10.1 Å². The molecule has 1 aliphatic heterocycles. The van der Waals surface area contributed by atoms with E-state index < -0.39 is 0 Å². The normalized spacial score (nSPS) is 20.9. The largest absolute Gasteiger partial charge is 0.381 e. The van der Waals surface area contributed by atoms with E-state index in [9.17, 15) is 9.59 Å². The monoisotopic (exact) mass is 212 g/mol. The zero-order valence-corrected chi connectivity index (χ0v) is 8.70. The fourth-order valence-corrected chi connectivity index (χ4v) is 1.56. The van der Waals surface area contributed by atoms with Gasteiger partial charge in [-0.1, -0.05) is 0 Å². The molecule has 84 valence electrons. The molecule has 15 heavy (non-hydrogen) atoms. The first-order chi connectivity index (χ1) is 7.25. The number of rotatable bonds is 6. The van der Waals surface area contributed by atoms with Crippen molar-refractivity contribution in [3.8, 4) is 0 Å². The Morgan fingerprint density at radius 3 is 2.80 bits per heavy atom. The number of imide groups is 1. The van der Waals surface area contributed by atoms with Crippen molar-refractivity contribution >= 4 is 11.9 Å². The second-order valence-electron chi connectivity index (χ2n) is 4.15. The maximum Gasteiger partial charge on any atom is 0.324 e. The molecule has 5 nitrogen and oxygen atoms in total. The minimum absolute atomic E-state index is 0.196. The Labute approximate surface area is 88.8 Å². The summed E-state index contributed by atoms with van der Waals surface area (Å²) >= 11 is 0. The molecule has 1 heterocycles. The van der Waals surface area contributed by atoms with E-state index in [2.05, 4.69) is 5.32 Å². The van der Waals surface area contributed by atoms with E-state index in [0.29, 0.717) is 13.2 Å². The maximum absolute atomic E-state index is 11.1. The summed E-state index contributed by atoms with van der Waals surface area (Å²) in [6.07, 6.45) is 3.39. The average Bonchev–Trinajstić information content (AvgIpc) is 2.94. The predicted molar refractivity (Wildman–Crippen MR) is 53.3 cm³/mol. The van der Waals surface area contributed by atoms with E-state index in [1.54, 1.807) is 0 Å². The zero-order chi connectivity index (χ0) is 10.7. The minimum Gasteiger partial charge on any atom is -0.381 e. The Hall–Kier alpha value is -1.10. The first-order valence-electron chi connectivity index (χ1n) is 5.42. The van der Waals surface area contributed by atoms with Gasteiger partial charge in [0.05, 0.1) is 0 Å². The molecule has 5 heteroatoms. The minimum atomic E-state index is -0.276. The van der Waals surface area contributed by atoms with Crippen LogP contribution in [0.2, 0.25) is 0 Å². The topological polar surface area (TPSA) is 58.6 Å². The van der Waals surface area contributed by atoms with Crippen molar-refractivity contribution in [3.05, 3.63) is 0 Å². The summed E-state index contributed by atoms with van der Waals surface area (Å²) in [6, 6.07) is -0.276. The molecule has 0 bridgehead atoms. The van der Waals surface area contributed by atoms with Crippen LogP contribution in [-0.4, -0.2) is 43.1 Å². The van der Waals surface area contributed by atoms with Crippen LogP contribution in [0.25, 0.3) is 0 Å². The molecular formula is C10H16N2O3. The lowest BCUT2D eigenvalue weighted by Crippen LogP contribution is -2.29. The van der Waals surface area contributed by atoms with Gasteiger partial charge in [0, 0.05) is 19.8 Å². The highest BCUT2D eigenvalue weighted by Crippen LogP contribution is 2.28.